The molecule has 0 N–H and O–H groups in total. The first-order chi connectivity index (χ1) is 6.03. The van der Waals surface area contributed by atoms with Crippen molar-refractivity contribution in [2.45, 2.75) is 25.6 Å². The van der Waals surface area contributed by atoms with Crippen molar-refractivity contribution in [1.82, 2.24) is 0 Å². The molecule has 0 aromatic carbocycles. The third-order valence-electron chi connectivity index (χ3n) is 1.41. The maximum absolute atomic E-state index is 10.9. The van der Waals surface area contributed by atoms with Gasteiger partial charge in [-0.3, -0.25) is 0 Å². The van der Waals surface area contributed by atoms with E-state index in [0.717, 1.165) is 0 Å². The minimum Gasteiger partial charge on any atom is -0.434 e. The molecule has 0 aliphatic carbocycles. The van der Waals surface area contributed by atoms with Crippen LogP contribution < -0.4 is 0 Å². The molecule has 1 aliphatic rings. The smallest absolute Gasteiger partial charge is 0.434 e. The van der Waals surface area contributed by atoms with Crippen LogP contribution >= 0.6 is 11.8 Å². The maximum Gasteiger partial charge on any atom is 0.514 e. The lowest BCUT2D eigenvalue weighted by Crippen LogP contribution is -2.14. The summed E-state index contributed by atoms with van der Waals surface area (Å²) in [5, 5.41) is 0. The van der Waals surface area contributed by atoms with E-state index in [9.17, 15) is 4.79 Å². The molecule has 0 aromatic rings. The number of carbonyl (C=O) groups excluding carboxylic acids is 1. The Balaban J connectivity index is 2.43. The lowest BCUT2D eigenvalue weighted by atomic mass is 10.4. The largest absolute Gasteiger partial charge is 0.514 e. The lowest BCUT2D eigenvalue weighted by molar-refractivity contribution is 0.100. The highest BCUT2D eigenvalue weighted by molar-refractivity contribution is 8.01. The van der Waals surface area contributed by atoms with Gasteiger partial charge in [0.25, 0.3) is 0 Å². The molecule has 0 saturated carbocycles. The van der Waals surface area contributed by atoms with Crippen LogP contribution in [0, 0.1) is 0 Å². The second kappa shape index (κ2) is 4.00. The normalized spacial score (nSPS) is 19.5. The van der Waals surface area contributed by atoms with Crippen LogP contribution in [0.5, 0.6) is 0 Å². The minimum absolute atomic E-state index is 0.179. The minimum atomic E-state index is -0.667. The molecule has 1 aliphatic heterocycles. The summed E-state index contributed by atoms with van der Waals surface area (Å²) in [6, 6.07) is 0. The molecule has 0 fully saturated rings. The molecule has 0 atom stereocenters. The fourth-order valence-electron chi connectivity index (χ4n) is 0.899. The molecule has 0 unspecified atom stereocenters. The summed E-state index contributed by atoms with van der Waals surface area (Å²) in [5.74, 6) is 1.08. The van der Waals surface area contributed by atoms with Crippen LogP contribution in [0.2, 0.25) is 0 Å². The van der Waals surface area contributed by atoms with Crippen LogP contribution in [-0.4, -0.2) is 29.3 Å². The van der Waals surface area contributed by atoms with Gasteiger partial charge in [-0.05, 0) is 20.8 Å². The fraction of sp³-hybridized carbons (Fsp3) is 0.750. The van der Waals surface area contributed by atoms with Gasteiger partial charge >= 0.3 is 6.16 Å². The van der Waals surface area contributed by atoms with Gasteiger partial charge in [0.15, 0.2) is 0 Å². The Bertz CT molecular complexity index is 238. The fourth-order valence-corrected chi connectivity index (χ4v) is 1.67. The number of rotatable bonds is 1. The molecule has 0 saturated heterocycles. The number of hydrogen-bond donors (Lipinski definition) is 0. The maximum atomic E-state index is 10.9. The molecule has 0 bridgehead atoms. The molecule has 0 amide bonds. The molecule has 0 aromatic heterocycles. The predicted octanol–water partition coefficient (Wildman–Crippen LogP) is 2.04. The van der Waals surface area contributed by atoms with Gasteiger partial charge < -0.3 is 9.47 Å². The third kappa shape index (κ3) is 3.26. The Kier molecular flexibility index (Phi) is 3.19. The van der Waals surface area contributed by atoms with Crippen LogP contribution in [0.4, 0.5) is 4.79 Å². The molecular formula is C8H13NO3S. The number of carbonyl (C=O) groups is 1. The number of aliphatic imine (C=N–C) groups is 1. The lowest BCUT2D eigenvalue weighted by Gasteiger charge is -2.09. The van der Waals surface area contributed by atoms with Crippen molar-refractivity contribution in [3.63, 3.8) is 0 Å². The molecule has 13 heavy (non-hydrogen) atoms. The van der Waals surface area contributed by atoms with E-state index in [1.165, 1.54) is 0 Å². The monoisotopic (exact) mass is 203 g/mol. The highest BCUT2D eigenvalue weighted by atomic mass is 32.2. The quantitative estimate of drug-likeness (QED) is 0.612. The predicted molar refractivity (Wildman–Crippen MR) is 52.1 cm³/mol. The second-order valence-electron chi connectivity index (χ2n) is 3.03. The summed E-state index contributed by atoms with van der Waals surface area (Å²) in [6.07, 6.45) is -0.667. The van der Waals surface area contributed by atoms with Crippen LogP contribution in [0.25, 0.3) is 0 Å². The van der Waals surface area contributed by atoms with Crippen molar-refractivity contribution in [2.75, 3.05) is 12.4 Å². The average molecular weight is 203 g/mol. The first-order valence-corrected chi connectivity index (χ1v) is 5.09. The van der Waals surface area contributed by atoms with E-state index in [-0.39, 0.29) is 4.87 Å². The highest BCUT2D eigenvalue weighted by Gasteiger charge is 2.27. The van der Waals surface area contributed by atoms with E-state index in [0.29, 0.717) is 18.3 Å². The van der Waals surface area contributed by atoms with Crippen molar-refractivity contribution >= 4 is 23.8 Å². The number of ether oxygens (including phenoxy) is 2. The number of hydrogen-bond acceptors (Lipinski definition) is 5. The van der Waals surface area contributed by atoms with Crippen LogP contribution in [-0.2, 0) is 9.47 Å². The number of nitrogens with zero attached hydrogens (tertiary/aromatic N) is 1. The van der Waals surface area contributed by atoms with Crippen LogP contribution in [0.15, 0.2) is 4.99 Å². The van der Waals surface area contributed by atoms with Crippen molar-refractivity contribution in [1.29, 1.82) is 0 Å². The van der Waals surface area contributed by atoms with E-state index >= 15 is 0 Å². The molecule has 1 rings (SSSR count). The topological polar surface area (TPSA) is 47.9 Å². The standard InChI is InChI=1S/C8H13NO3S/c1-4-11-7(10)12-6-5-13-8(2,3)9-6/h4-5H2,1-3H3. The van der Waals surface area contributed by atoms with E-state index in [1.54, 1.807) is 18.7 Å². The Morgan fingerprint density at radius 2 is 2.38 bits per heavy atom. The van der Waals surface area contributed by atoms with E-state index < -0.39 is 6.16 Å². The van der Waals surface area contributed by atoms with Gasteiger partial charge in [-0.15, -0.1) is 11.8 Å². The SMILES string of the molecule is CCOC(=O)OC1=NC(C)(C)SC1. The second-order valence-corrected chi connectivity index (χ2v) is 4.60. The Labute approximate surface area is 81.7 Å². The zero-order valence-corrected chi connectivity index (χ0v) is 8.81. The summed E-state index contributed by atoms with van der Waals surface area (Å²) < 4.78 is 9.48. The van der Waals surface area contributed by atoms with Crippen molar-refractivity contribution in [2.24, 2.45) is 4.99 Å². The van der Waals surface area contributed by atoms with Crippen LogP contribution in [0.3, 0.4) is 0 Å². The zero-order valence-electron chi connectivity index (χ0n) is 7.99. The van der Waals surface area contributed by atoms with Gasteiger partial charge in [0, 0.05) is 0 Å². The van der Waals surface area contributed by atoms with Gasteiger partial charge in [0.05, 0.1) is 12.4 Å². The van der Waals surface area contributed by atoms with E-state index in [2.05, 4.69) is 9.73 Å². The summed E-state index contributed by atoms with van der Waals surface area (Å²) >= 11 is 1.63. The Morgan fingerprint density at radius 1 is 1.69 bits per heavy atom. The van der Waals surface area contributed by atoms with Crippen molar-refractivity contribution in [3.05, 3.63) is 0 Å². The van der Waals surface area contributed by atoms with E-state index in [4.69, 9.17) is 4.74 Å². The first-order valence-electron chi connectivity index (χ1n) is 4.11. The van der Waals surface area contributed by atoms with Crippen molar-refractivity contribution in [3.8, 4) is 0 Å². The number of thioether (sulfide) groups is 1. The van der Waals surface area contributed by atoms with Gasteiger partial charge in [-0.2, -0.15) is 0 Å². The third-order valence-corrected chi connectivity index (χ3v) is 2.60. The Morgan fingerprint density at radius 3 is 2.85 bits per heavy atom. The molecule has 0 spiro atoms. The molecule has 1 heterocycles. The summed E-state index contributed by atoms with van der Waals surface area (Å²) in [4.78, 5) is 14.9. The molecular weight excluding hydrogens is 190 g/mol. The van der Waals surface area contributed by atoms with Gasteiger partial charge in [-0.25, -0.2) is 9.79 Å². The summed E-state index contributed by atoms with van der Waals surface area (Å²) in [6.45, 7) is 6.00. The van der Waals surface area contributed by atoms with Gasteiger partial charge in [0.2, 0.25) is 5.90 Å². The average Bonchev–Trinajstić information content (AvgIpc) is 2.30. The molecule has 74 valence electrons. The zero-order chi connectivity index (χ0) is 9.90. The van der Waals surface area contributed by atoms with Gasteiger partial charge in [-0.1, -0.05) is 0 Å². The molecule has 5 heteroatoms. The van der Waals surface area contributed by atoms with Crippen molar-refractivity contribution < 1.29 is 14.3 Å². The summed E-state index contributed by atoms with van der Waals surface area (Å²) in [7, 11) is 0. The molecule has 0 radical (unpaired) electrons. The van der Waals surface area contributed by atoms with E-state index in [1.807, 2.05) is 13.8 Å². The first kappa shape index (κ1) is 10.4. The summed E-state index contributed by atoms with van der Waals surface area (Å²) in [5.41, 5.74) is 0. The molecule has 4 nitrogen and oxygen atoms in total. The van der Waals surface area contributed by atoms with Gasteiger partial charge in [0.1, 0.15) is 4.87 Å². The highest BCUT2D eigenvalue weighted by Crippen LogP contribution is 2.31. The Hall–Kier alpha value is -0.710. The van der Waals surface area contributed by atoms with Crippen LogP contribution in [0.1, 0.15) is 20.8 Å².